The number of amides is 2. The number of hydrogen-bond acceptors (Lipinski definition) is 3. The summed E-state index contributed by atoms with van der Waals surface area (Å²) in [7, 11) is 0. The van der Waals surface area contributed by atoms with Gasteiger partial charge in [0.1, 0.15) is 11.8 Å². The fraction of sp³-hybridized carbons (Fsp3) is 0.310. The average molecular weight is 525 g/mol. The van der Waals surface area contributed by atoms with Gasteiger partial charge in [0.25, 0.3) is 5.91 Å². The van der Waals surface area contributed by atoms with Crippen molar-refractivity contribution < 1.29 is 14.3 Å². The molecule has 3 aromatic rings. The van der Waals surface area contributed by atoms with E-state index in [-0.39, 0.29) is 31.0 Å². The first kappa shape index (κ1) is 26.1. The smallest absolute Gasteiger partial charge is 0.261 e. The highest BCUT2D eigenvalue weighted by atomic mass is 35.5. The molecular formula is C29H30Cl2N2O3. The second-order valence-electron chi connectivity index (χ2n) is 9.06. The number of ether oxygens (including phenoxy) is 1. The zero-order chi connectivity index (χ0) is 25.3. The first-order valence-electron chi connectivity index (χ1n) is 12.2. The van der Waals surface area contributed by atoms with E-state index in [1.807, 2.05) is 42.5 Å². The van der Waals surface area contributed by atoms with Gasteiger partial charge in [-0.15, -0.1) is 0 Å². The number of nitrogens with one attached hydrogen (secondary N) is 1. The number of rotatable bonds is 10. The molecule has 1 atom stereocenters. The molecule has 2 amide bonds. The minimum Gasteiger partial charge on any atom is -0.482 e. The molecule has 0 aliphatic heterocycles. The Morgan fingerprint density at radius 2 is 1.56 bits per heavy atom. The van der Waals surface area contributed by atoms with Gasteiger partial charge in [0.05, 0.1) is 5.02 Å². The molecule has 0 saturated heterocycles. The Hall–Kier alpha value is -3.02. The molecule has 1 fully saturated rings. The first-order valence-corrected chi connectivity index (χ1v) is 13.0. The Balaban J connectivity index is 1.61. The molecule has 1 unspecified atom stereocenters. The lowest BCUT2D eigenvalue weighted by Crippen LogP contribution is -2.53. The van der Waals surface area contributed by atoms with Gasteiger partial charge < -0.3 is 15.0 Å². The molecule has 7 heteroatoms. The van der Waals surface area contributed by atoms with Gasteiger partial charge in [0.15, 0.2) is 6.61 Å². The van der Waals surface area contributed by atoms with Gasteiger partial charge in [0.2, 0.25) is 5.91 Å². The van der Waals surface area contributed by atoms with Crippen LogP contribution in [0.4, 0.5) is 0 Å². The minimum absolute atomic E-state index is 0.141. The SMILES string of the molecule is O=C(NC1CCCC1)C(Cc1ccccc1)N(Cc1ccc(Cl)cc1)C(=O)COc1ccccc1Cl. The molecule has 188 valence electrons. The highest BCUT2D eigenvalue weighted by molar-refractivity contribution is 6.32. The molecule has 0 radical (unpaired) electrons. The molecule has 1 N–H and O–H groups in total. The number of benzene rings is 3. The Morgan fingerprint density at radius 3 is 2.25 bits per heavy atom. The molecule has 3 aromatic carbocycles. The summed E-state index contributed by atoms with van der Waals surface area (Å²) in [6, 6.07) is 23.5. The van der Waals surface area contributed by atoms with E-state index in [0.29, 0.717) is 22.2 Å². The summed E-state index contributed by atoms with van der Waals surface area (Å²) in [5.41, 5.74) is 1.85. The van der Waals surface area contributed by atoms with E-state index in [9.17, 15) is 9.59 Å². The number of nitrogens with zero attached hydrogens (tertiary/aromatic N) is 1. The Morgan fingerprint density at radius 1 is 0.889 bits per heavy atom. The van der Waals surface area contributed by atoms with Crippen LogP contribution in [0.5, 0.6) is 5.75 Å². The third-order valence-electron chi connectivity index (χ3n) is 6.43. The van der Waals surface area contributed by atoms with Crippen LogP contribution in [0.3, 0.4) is 0 Å². The van der Waals surface area contributed by atoms with Gasteiger partial charge in [0, 0.05) is 24.0 Å². The van der Waals surface area contributed by atoms with Crippen molar-refractivity contribution in [1.82, 2.24) is 10.2 Å². The summed E-state index contributed by atoms with van der Waals surface area (Å²) in [4.78, 5) is 28.9. The van der Waals surface area contributed by atoms with E-state index in [1.54, 1.807) is 41.3 Å². The van der Waals surface area contributed by atoms with E-state index in [2.05, 4.69) is 5.32 Å². The number of carbonyl (C=O) groups is 2. The van der Waals surface area contributed by atoms with E-state index in [0.717, 1.165) is 36.8 Å². The van der Waals surface area contributed by atoms with Crippen molar-refractivity contribution >= 4 is 35.0 Å². The Kier molecular flexibility index (Phi) is 9.26. The molecular weight excluding hydrogens is 495 g/mol. The number of carbonyl (C=O) groups excluding carboxylic acids is 2. The van der Waals surface area contributed by atoms with Crippen LogP contribution in [-0.4, -0.2) is 35.4 Å². The van der Waals surface area contributed by atoms with Crippen molar-refractivity contribution in [3.8, 4) is 5.75 Å². The largest absolute Gasteiger partial charge is 0.482 e. The lowest BCUT2D eigenvalue weighted by atomic mass is 10.0. The average Bonchev–Trinajstić information content (AvgIpc) is 3.40. The highest BCUT2D eigenvalue weighted by Gasteiger charge is 2.32. The molecule has 0 spiro atoms. The lowest BCUT2D eigenvalue weighted by Gasteiger charge is -2.32. The van der Waals surface area contributed by atoms with Crippen LogP contribution < -0.4 is 10.1 Å². The van der Waals surface area contributed by atoms with Crippen molar-refractivity contribution in [3.63, 3.8) is 0 Å². The summed E-state index contributed by atoms with van der Waals surface area (Å²) >= 11 is 12.3. The zero-order valence-electron chi connectivity index (χ0n) is 20.0. The molecule has 0 bridgehead atoms. The summed E-state index contributed by atoms with van der Waals surface area (Å²) in [5.74, 6) is -0.0211. The lowest BCUT2D eigenvalue weighted by molar-refractivity contribution is -0.143. The van der Waals surface area contributed by atoms with Crippen LogP contribution in [0.15, 0.2) is 78.9 Å². The van der Waals surface area contributed by atoms with E-state index in [4.69, 9.17) is 27.9 Å². The van der Waals surface area contributed by atoms with Gasteiger partial charge in [-0.05, 0) is 48.2 Å². The number of para-hydroxylation sites is 1. The second kappa shape index (κ2) is 12.8. The molecule has 0 aromatic heterocycles. The third kappa shape index (κ3) is 7.25. The van der Waals surface area contributed by atoms with Crippen LogP contribution in [0.1, 0.15) is 36.8 Å². The topological polar surface area (TPSA) is 58.6 Å². The van der Waals surface area contributed by atoms with Crippen molar-refractivity contribution in [1.29, 1.82) is 0 Å². The van der Waals surface area contributed by atoms with Gasteiger partial charge in [-0.1, -0.05) is 90.6 Å². The fourth-order valence-electron chi connectivity index (χ4n) is 4.49. The molecule has 4 rings (SSSR count). The molecule has 5 nitrogen and oxygen atoms in total. The second-order valence-corrected chi connectivity index (χ2v) is 9.91. The summed E-state index contributed by atoms with van der Waals surface area (Å²) < 4.78 is 5.77. The van der Waals surface area contributed by atoms with Gasteiger partial charge in [-0.2, -0.15) is 0 Å². The Labute approximate surface area is 222 Å². The highest BCUT2D eigenvalue weighted by Crippen LogP contribution is 2.24. The third-order valence-corrected chi connectivity index (χ3v) is 6.99. The van der Waals surface area contributed by atoms with Gasteiger partial charge in [-0.3, -0.25) is 9.59 Å². The maximum absolute atomic E-state index is 13.6. The van der Waals surface area contributed by atoms with Gasteiger partial charge in [-0.25, -0.2) is 0 Å². The molecule has 1 saturated carbocycles. The summed E-state index contributed by atoms with van der Waals surface area (Å²) in [6.45, 7) is 0.0107. The standard InChI is InChI=1S/C29H30Cl2N2O3/c30-23-16-14-22(15-17-23)19-33(28(34)20-36-27-13-7-6-12-25(27)31)26(18-21-8-2-1-3-9-21)29(35)32-24-10-4-5-11-24/h1-3,6-9,12-17,24,26H,4-5,10-11,18-20H2,(H,32,35). The quantitative estimate of drug-likeness (QED) is 0.350. The summed E-state index contributed by atoms with van der Waals surface area (Å²) in [5, 5.41) is 4.23. The predicted molar refractivity (Wildman–Crippen MR) is 143 cm³/mol. The maximum Gasteiger partial charge on any atom is 0.261 e. The van der Waals surface area contributed by atoms with Crippen molar-refractivity contribution in [2.45, 2.75) is 50.7 Å². The van der Waals surface area contributed by atoms with Crippen LogP contribution in [0.25, 0.3) is 0 Å². The van der Waals surface area contributed by atoms with Crippen molar-refractivity contribution in [2.75, 3.05) is 6.61 Å². The van der Waals surface area contributed by atoms with Crippen LogP contribution >= 0.6 is 23.2 Å². The zero-order valence-corrected chi connectivity index (χ0v) is 21.5. The predicted octanol–water partition coefficient (Wildman–Crippen LogP) is 6.07. The molecule has 1 aliphatic rings. The summed E-state index contributed by atoms with van der Waals surface area (Å²) in [6.07, 6.45) is 4.53. The Bertz CT molecular complexity index is 1150. The number of halogens is 2. The van der Waals surface area contributed by atoms with Crippen LogP contribution in [0.2, 0.25) is 10.0 Å². The van der Waals surface area contributed by atoms with Crippen molar-refractivity contribution in [3.05, 3.63) is 100 Å². The van der Waals surface area contributed by atoms with Gasteiger partial charge >= 0.3 is 0 Å². The monoisotopic (exact) mass is 524 g/mol. The van der Waals surface area contributed by atoms with Crippen molar-refractivity contribution in [2.24, 2.45) is 0 Å². The van der Waals surface area contributed by atoms with E-state index < -0.39 is 6.04 Å². The van der Waals surface area contributed by atoms with Crippen LogP contribution in [0, 0.1) is 0 Å². The fourth-order valence-corrected chi connectivity index (χ4v) is 4.81. The van der Waals surface area contributed by atoms with Crippen LogP contribution in [-0.2, 0) is 22.6 Å². The van der Waals surface area contributed by atoms with E-state index >= 15 is 0 Å². The maximum atomic E-state index is 13.6. The van der Waals surface area contributed by atoms with E-state index in [1.165, 1.54) is 0 Å². The normalized spacial score (nSPS) is 14.3. The molecule has 0 heterocycles. The minimum atomic E-state index is -0.703. The first-order chi connectivity index (χ1) is 17.5. The molecule has 36 heavy (non-hydrogen) atoms. The number of hydrogen-bond donors (Lipinski definition) is 1. The molecule has 1 aliphatic carbocycles.